The second-order valence-electron chi connectivity index (χ2n) is 4.68. The molecular formula is C15H12Cl4N2O2. The van der Waals surface area contributed by atoms with Crippen LogP contribution in [0.5, 0.6) is 0 Å². The number of rotatable bonds is 3. The van der Waals surface area contributed by atoms with Gasteiger partial charge >= 0.3 is 6.09 Å². The number of carbonyl (C=O) groups is 1. The highest BCUT2D eigenvalue weighted by Gasteiger charge is 2.22. The van der Waals surface area contributed by atoms with Crippen LogP contribution in [0.15, 0.2) is 36.5 Å². The van der Waals surface area contributed by atoms with Gasteiger partial charge in [0.1, 0.15) is 6.61 Å². The van der Waals surface area contributed by atoms with Crippen molar-refractivity contribution in [3.8, 4) is 11.1 Å². The van der Waals surface area contributed by atoms with Gasteiger partial charge in [-0.1, -0.05) is 58.5 Å². The fourth-order valence-electron chi connectivity index (χ4n) is 1.85. The van der Waals surface area contributed by atoms with Gasteiger partial charge in [0.15, 0.2) is 0 Å². The molecule has 122 valence electrons. The van der Waals surface area contributed by atoms with Gasteiger partial charge in [-0.05, 0) is 30.7 Å². The molecule has 1 aromatic carbocycles. The summed E-state index contributed by atoms with van der Waals surface area (Å²) < 4.78 is 3.15. The summed E-state index contributed by atoms with van der Waals surface area (Å²) in [6.07, 6.45) is 0.777. The molecule has 0 bridgehead atoms. The van der Waals surface area contributed by atoms with Gasteiger partial charge in [-0.3, -0.25) is 10.3 Å². The van der Waals surface area contributed by atoms with Crippen LogP contribution in [0.2, 0.25) is 5.02 Å². The Morgan fingerprint density at radius 2 is 2.04 bits per heavy atom. The number of pyridine rings is 1. The average molecular weight is 394 g/mol. The smallest absolute Gasteiger partial charge is 0.411 e. The van der Waals surface area contributed by atoms with Crippen LogP contribution in [-0.2, 0) is 4.74 Å². The highest BCUT2D eigenvalue weighted by molar-refractivity contribution is 6.67. The molecule has 23 heavy (non-hydrogen) atoms. The molecule has 2 rings (SSSR count). The molecule has 4 nitrogen and oxygen atoms in total. The van der Waals surface area contributed by atoms with E-state index in [-0.39, 0.29) is 6.61 Å². The molecule has 8 heteroatoms. The minimum Gasteiger partial charge on any atom is -0.445 e. The van der Waals surface area contributed by atoms with Gasteiger partial charge in [-0.25, -0.2) is 4.79 Å². The Hall–Kier alpha value is -1.20. The summed E-state index contributed by atoms with van der Waals surface area (Å²) in [5.41, 5.74) is 2.99. The van der Waals surface area contributed by atoms with Gasteiger partial charge < -0.3 is 4.74 Å². The second-order valence-corrected chi connectivity index (χ2v) is 7.64. The van der Waals surface area contributed by atoms with E-state index in [1.54, 1.807) is 12.1 Å². The quantitative estimate of drug-likeness (QED) is 0.687. The maximum atomic E-state index is 11.7. The molecule has 1 amide bonds. The Kier molecular flexibility index (Phi) is 5.98. The molecule has 1 aromatic heterocycles. The number of hydrogen-bond donors (Lipinski definition) is 1. The molecule has 0 saturated carbocycles. The molecule has 0 atom stereocenters. The summed E-state index contributed by atoms with van der Waals surface area (Å²) in [6, 6.07) is 9.11. The molecule has 0 aliphatic rings. The lowest BCUT2D eigenvalue weighted by Crippen LogP contribution is -2.21. The molecule has 0 spiro atoms. The maximum absolute atomic E-state index is 11.7. The van der Waals surface area contributed by atoms with E-state index in [4.69, 9.17) is 51.1 Å². The Bertz CT molecular complexity index is 717. The van der Waals surface area contributed by atoms with Crippen LogP contribution in [0.4, 0.5) is 10.5 Å². The molecular weight excluding hydrogens is 382 g/mol. The number of ether oxygens (including phenoxy) is 1. The first-order valence-electron chi connectivity index (χ1n) is 6.48. The number of aryl methyl sites for hydroxylation is 1. The number of hydrogen-bond acceptors (Lipinski definition) is 3. The molecule has 1 N–H and O–H groups in total. The first-order chi connectivity index (χ1) is 10.7. The van der Waals surface area contributed by atoms with Gasteiger partial charge in [0.25, 0.3) is 0 Å². The Labute approximate surface area is 153 Å². The van der Waals surface area contributed by atoms with Crippen molar-refractivity contribution in [3.63, 3.8) is 0 Å². The SMILES string of the molecule is Cc1ncc(NC(=O)OCC(Cl)(Cl)Cl)cc1-c1cccc(Cl)c1. The monoisotopic (exact) mass is 392 g/mol. The molecule has 0 fully saturated rings. The van der Waals surface area contributed by atoms with Crippen LogP contribution in [0.3, 0.4) is 0 Å². The third-order valence-corrected chi connectivity index (χ3v) is 3.40. The summed E-state index contributed by atoms with van der Waals surface area (Å²) >= 11 is 22.6. The van der Waals surface area contributed by atoms with E-state index < -0.39 is 9.89 Å². The lowest BCUT2D eigenvalue weighted by molar-refractivity contribution is 0.164. The molecule has 2 aromatic rings. The van der Waals surface area contributed by atoms with Gasteiger partial charge in [-0.2, -0.15) is 0 Å². The number of carbonyl (C=O) groups excluding carboxylic acids is 1. The normalized spacial score (nSPS) is 11.2. The lowest BCUT2D eigenvalue weighted by Gasteiger charge is -2.13. The summed E-state index contributed by atoms with van der Waals surface area (Å²) in [5, 5.41) is 3.15. The number of benzene rings is 1. The third-order valence-electron chi connectivity index (χ3n) is 2.84. The average Bonchev–Trinajstić information content (AvgIpc) is 2.46. The Morgan fingerprint density at radius 3 is 2.70 bits per heavy atom. The van der Waals surface area contributed by atoms with Crippen molar-refractivity contribution in [2.24, 2.45) is 0 Å². The summed E-state index contributed by atoms with van der Waals surface area (Å²) in [5.74, 6) is 0. The highest BCUT2D eigenvalue weighted by atomic mass is 35.6. The minimum absolute atomic E-state index is 0.357. The number of halogens is 4. The van der Waals surface area contributed by atoms with Crippen molar-refractivity contribution in [3.05, 3.63) is 47.2 Å². The van der Waals surface area contributed by atoms with Crippen molar-refractivity contribution in [1.82, 2.24) is 4.98 Å². The highest BCUT2D eigenvalue weighted by Crippen LogP contribution is 2.28. The number of aromatic nitrogens is 1. The second kappa shape index (κ2) is 7.58. The zero-order valence-electron chi connectivity index (χ0n) is 11.9. The zero-order chi connectivity index (χ0) is 17.0. The van der Waals surface area contributed by atoms with Crippen molar-refractivity contribution in [1.29, 1.82) is 0 Å². The minimum atomic E-state index is -1.66. The van der Waals surface area contributed by atoms with Crippen LogP contribution in [0.25, 0.3) is 11.1 Å². The van der Waals surface area contributed by atoms with Gasteiger partial charge in [-0.15, -0.1) is 0 Å². The van der Waals surface area contributed by atoms with E-state index in [9.17, 15) is 4.79 Å². The molecule has 1 heterocycles. The Morgan fingerprint density at radius 1 is 1.30 bits per heavy atom. The number of anilines is 1. The van der Waals surface area contributed by atoms with Crippen LogP contribution in [0, 0.1) is 6.92 Å². The van der Waals surface area contributed by atoms with Crippen LogP contribution >= 0.6 is 46.4 Å². The zero-order valence-corrected chi connectivity index (χ0v) is 15.0. The number of nitrogens with zero attached hydrogens (tertiary/aromatic N) is 1. The molecule has 0 unspecified atom stereocenters. The van der Waals surface area contributed by atoms with E-state index >= 15 is 0 Å². The Balaban J connectivity index is 2.16. The molecule has 0 saturated heterocycles. The van der Waals surface area contributed by atoms with Crippen molar-refractivity contribution < 1.29 is 9.53 Å². The number of nitrogens with one attached hydrogen (secondary N) is 1. The fourth-order valence-corrected chi connectivity index (χ4v) is 2.20. The number of alkyl halides is 3. The standard InChI is InChI=1S/C15H12Cl4N2O2/c1-9-13(10-3-2-4-11(16)5-10)6-12(7-20-9)21-14(22)23-8-15(17,18)19/h2-7H,8H2,1H3,(H,21,22). The van der Waals surface area contributed by atoms with E-state index in [0.717, 1.165) is 16.8 Å². The molecule has 0 radical (unpaired) electrons. The lowest BCUT2D eigenvalue weighted by atomic mass is 10.0. The fraction of sp³-hybridized carbons (Fsp3) is 0.200. The molecule has 0 aliphatic carbocycles. The molecule has 0 aliphatic heterocycles. The predicted octanol–water partition coefficient (Wildman–Crippen LogP) is 5.63. The van der Waals surface area contributed by atoms with Gasteiger partial charge in [0.05, 0.1) is 11.9 Å². The maximum Gasteiger partial charge on any atom is 0.411 e. The van der Waals surface area contributed by atoms with E-state index in [0.29, 0.717) is 10.7 Å². The topological polar surface area (TPSA) is 51.2 Å². The van der Waals surface area contributed by atoms with E-state index in [1.165, 1.54) is 6.20 Å². The van der Waals surface area contributed by atoms with Gasteiger partial charge in [0.2, 0.25) is 3.79 Å². The van der Waals surface area contributed by atoms with E-state index in [2.05, 4.69) is 10.3 Å². The van der Waals surface area contributed by atoms with Crippen molar-refractivity contribution in [2.45, 2.75) is 10.7 Å². The van der Waals surface area contributed by atoms with Crippen molar-refractivity contribution in [2.75, 3.05) is 11.9 Å². The third kappa shape index (κ3) is 5.74. The summed E-state index contributed by atoms with van der Waals surface area (Å²) in [6.45, 7) is 1.51. The van der Waals surface area contributed by atoms with Crippen LogP contribution in [0.1, 0.15) is 5.69 Å². The first-order valence-corrected chi connectivity index (χ1v) is 7.99. The van der Waals surface area contributed by atoms with Crippen LogP contribution < -0.4 is 5.32 Å². The summed E-state index contributed by atoms with van der Waals surface area (Å²) in [4.78, 5) is 15.9. The van der Waals surface area contributed by atoms with Crippen molar-refractivity contribution >= 4 is 58.2 Å². The predicted molar refractivity (Wildman–Crippen MR) is 94.7 cm³/mol. The van der Waals surface area contributed by atoms with E-state index in [1.807, 2.05) is 25.1 Å². The first kappa shape index (κ1) is 18.1. The van der Waals surface area contributed by atoms with Gasteiger partial charge in [0, 0.05) is 16.3 Å². The number of amides is 1. The summed E-state index contributed by atoms with van der Waals surface area (Å²) in [7, 11) is 0. The largest absolute Gasteiger partial charge is 0.445 e. The van der Waals surface area contributed by atoms with Crippen LogP contribution in [-0.4, -0.2) is 21.5 Å².